The Labute approximate surface area is 79.6 Å². The van der Waals surface area contributed by atoms with Crippen molar-refractivity contribution in [3.8, 4) is 0 Å². The molecule has 12 heavy (non-hydrogen) atoms. The Balaban J connectivity index is 2.80. The monoisotopic (exact) mass is 182 g/mol. The predicted molar refractivity (Wildman–Crippen MR) is 54.8 cm³/mol. The Morgan fingerprint density at radius 1 is 1.08 bits per heavy atom. The maximum atomic E-state index is 5.80. The fourth-order valence-electron chi connectivity index (χ4n) is 1.50. The molecule has 1 aromatic rings. The molecule has 0 fully saturated rings. The molecule has 0 atom stereocenters. The first-order valence-corrected chi connectivity index (χ1v) is 4.91. The lowest BCUT2D eigenvalue weighted by Gasteiger charge is -2.11. The van der Waals surface area contributed by atoms with E-state index >= 15 is 0 Å². The van der Waals surface area contributed by atoms with Gasteiger partial charge in [0.2, 0.25) is 0 Å². The normalized spacial score (nSPS) is 10.7. The molecule has 0 saturated heterocycles. The lowest BCUT2D eigenvalue weighted by Crippen LogP contribution is -1.94. The predicted octanol–water partition coefficient (Wildman–Crippen LogP) is 4.24. The summed E-state index contributed by atoms with van der Waals surface area (Å²) in [5.74, 6) is 0.697. The molecule has 0 amide bonds. The van der Waals surface area contributed by atoms with E-state index < -0.39 is 0 Å². The Morgan fingerprint density at radius 2 is 1.58 bits per heavy atom. The van der Waals surface area contributed by atoms with E-state index in [0.29, 0.717) is 5.92 Å². The zero-order valence-corrected chi connectivity index (χ0v) is 8.43. The van der Waals surface area contributed by atoms with Gasteiger partial charge in [-0.15, -0.1) is 0 Å². The van der Waals surface area contributed by atoms with Gasteiger partial charge in [0, 0.05) is 5.02 Å². The minimum atomic E-state index is 0.697. The van der Waals surface area contributed by atoms with E-state index in [0.717, 1.165) is 5.02 Å². The third-order valence-corrected chi connectivity index (χ3v) is 2.58. The van der Waals surface area contributed by atoms with Crippen molar-refractivity contribution >= 4 is 11.6 Å². The summed E-state index contributed by atoms with van der Waals surface area (Å²) in [6.45, 7) is 4.45. The topological polar surface area (TPSA) is 0 Å². The van der Waals surface area contributed by atoms with Crippen molar-refractivity contribution in [2.24, 2.45) is 0 Å². The van der Waals surface area contributed by atoms with Gasteiger partial charge in [0.05, 0.1) is 0 Å². The van der Waals surface area contributed by atoms with Gasteiger partial charge in [-0.2, -0.15) is 0 Å². The summed E-state index contributed by atoms with van der Waals surface area (Å²) in [6.07, 6.45) is 2.41. The average molecular weight is 183 g/mol. The van der Waals surface area contributed by atoms with Crippen molar-refractivity contribution < 1.29 is 0 Å². The van der Waals surface area contributed by atoms with E-state index in [4.69, 9.17) is 11.6 Å². The molecule has 0 aliphatic carbocycles. The molecule has 66 valence electrons. The quantitative estimate of drug-likeness (QED) is 0.656. The largest absolute Gasteiger partial charge is 0.0843 e. The summed E-state index contributed by atoms with van der Waals surface area (Å²) in [4.78, 5) is 0. The van der Waals surface area contributed by atoms with Crippen LogP contribution in [0.2, 0.25) is 5.02 Å². The van der Waals surface area contributed by atoms with E-state index in [1.54, 1.807) is 0 Å². The summed E-state index contributed by atoms with van der Waals surface area (Å²) in [6, 6.07) is 8.18. The van der Waals surface area contributed by atoms with Gasteiger partial charge in [0.15, 0.2) is 0 Å². The van der Waals surface area contributed by atoms with Gasteiger partial charge in [-0.25, -0.2) is 0 Å². The van der Waals surface area contributed by atoms with E-state index in [1.807, 2.05) is 12.1 Å². The van der Waals surface area contributed by atoms with Crippen LogP contribution in [0.3, 0.4) is 0 Å². The highest BCUT2D eigenvalue weighted by Gasteiger charge is 2.05. The number of rotatable bonds is 3. The Hall–Kier alpha value is -0.490. The molecule has 0 aromatic heterocycles. The first-order valence-electron chi connectivity index (χ1n) is 4.53. The minimum absolute atomic E-state index is 0.697. The van der Waals surface area contributed by atoms with Crippen LogP contribution in [0.1, 0.15) is 38.2 Å². The minimum Gasteiger partial charge on any atom is -0.0843 e. The van der Waals surface area contributed by atoms with Gasteiger partial charge in [-0.3, -0.25) is 0 Å². The maximum Gasteiger partial charge on any atom is 0.0406 e. The molecule has 0 unspecified atom stereocenters. The van der Waals surface area contributed by atoms with Gasteiger partial charge in [0.25, 0.3) is 0 Å². The summed E-state index contributed by atoms with van der Waals surface area (Å²) >= 11 is 5.80. The van der Waals surface area contributed by atoms with Crippen LogP contribution in [0.5, 0.6) is 0 Å². The Bertz CT molecular complexity index is 221. The SMILES string of the molecule is CCC(CC)c1ccc(Cl)cc1. The summed E-state index contributed by atoms with van der Waals surface area (Å²) in [5.41, 5.74) is 1.41. The van der Waals surface area contributed by atoms with Gasteiger partial charge in [0.1, 0.15) is 0 Å². The average Bonchev–Trinajstić information content (AvgIpc) is 2.10. The van der Waals surface area contributed by atoms with Crippen molar-refractivity contribution in [2.75, 3.05) is 0 Å². The molecule has 0 radical (unpaired) electrons. The van der Waals surface area contributed by atoms with Crippen molar-refractivity contribution in [1.82, 2.24) is 0 Å². The van der Waals surface area contributed by atoms with E-state index in [1.165, 1.54) is 18.4 Å². The second-order valence-electron chi connectivity index (χ2n) is 3.06. The highest BCUT2D eigenvalue weighted by atomic mass is 35.5. The van der Waals surface area contributed by atoms with E-state index in [9.17, 15) is 0 Å². The lowest BCUT2D eigenvalue weighted by molar-refractivity contribution is 0.642. The molecular formula is C11H15Cl. The van der Waals surface area contributed by atoms with Crippen LogP contribution in [0.4, 0.5) is 0 Å². The molecule has 1 rings (SSSR count). The highest BCUT2D eigenvalue weighted by Crippen LogP contribution is 2.23. The summed E-state index contributed by atoms with van der Waals surface area (Å²) in [5, 5.41) is 0.824. The van der Waals surface area contributed by atoms with Gasteiger partial charge in [-0.1, -0.05) is 37.6 Å². The van der Waals surface area contributed by atoms with Crippen LogP contribution in [0, 0.1) is 0 Å². The Morgan fingerprint density at radius 3 is 2.00 bits per heavy atom. The lowest BCUT2D eigenvalue weighted by atomic mass is 9.94. The second kappa shape index (κ2) is 4.51. The summed E-state index contributed by atoms with van der Waals surface area (Å²) < 4.78 is 0. The van der Waals surface area contributed by atoms with Crippen LogP contribution < -0.4 is 0 Å². The molecule has 0 aliphatic rings. The number of benzene rings is 1. The first kappa shape index (κ1) is 9.60. The fourth-order valence-corrected chi connectivity index (χ4v) is 1.62. The summed E-state index contributed by atoms with van der Waals surface area (Å²) in [7, 11) is 0. The number of hydrogen-bond acceptors (Lipinski definition) is 0. The van der Waals surface area contributed by atoms with E-state index in [-0.39, 0.29) is 0 Å². The molecule has 1 heteroatoms. The molecule has 0 bridgehead atoms. The molecule has 0 aliphatic heterocycles. The van der Waals surface area contributed by atoms with Crippen molar-refractivity contribution in [3.05, 3.63) is 34.9 Å². The fraction of sp³-hybridized carbons (Fsp3) is 0.455. The molecule has 0 spiro atoms. The number of halogens is 1. The molecule has 0 nitrogen and oxygen atoms in total. The van der Waals surface area contributed by atoms with Gasteiger partial charge in [-0.05, 0) is 36.5 Å². The second-order valence-corrected chi connectivity index (χ2v) is 3.50. The zero-order chi connectivity index (χ0) is 8.97. The molecule has 0 N–H and O–H groups in total. The highest BCUT2D eigenvalue weighted by molar-refractivity contribution is 6.30. The van der Waals surface area contributed by atoms with Crippen LogP contribution in [-0.4, -0.2) is 0 Å². The third kappa shape index (κ3) is 2.25. The first-order chi connectivity index (χ1) is 5.77. The standard InChI is InChI=1S/C11H15Cl/c1-3-9(4-2)10-5-7-11(12)8-6-10/h5-9H,3-4H2,1-2H3. The van der Waals surface area contributed by atoms with Crippen molar-refractivity contribution in [1.29, 1.82) is 0 Å². The smallest absolute Gasteiger partial charge is 0.0406 e. The van der Waals surface area contributed by atoms with E-state index in [2.05, 4.69) is 26.0 Å². The van der Waals surface area contributed by atoms with Crippen molar-refractivity contribution in [3.63, 3.8) is 0 Å². The molecule has 0 heterocycles. The maximum absolute atomic E-state index is 5.80. The third-order valence-electron chi connectivity index (χ3n) is 2.33. The number of hydrogen-bond donors (Lipinski definition) is 0. The molecule has 1 aromatic carbocycles. The molecule has 0 saturated carbocycles. The zero-order valence-electron chi connectivity index (χ0n) is 7.68. The molecular weight excluding hydrogens is 168 g/mol. The van der Waals surface area contributed by atoms with Gasteiger partial charge < -0.3 is 0 Å². The van der Waals surface area contributed by atoms with Crippen LogP contribution in [0.15, 0.2) is 24.3 Å². The van der Waals surface area contributed by atoms with Crippen LogP contribution in [-0.2, 0) is 0 Å². The van der Waals surface area contributed by atoms with Crippen molar-refractivity contribution in [2.45, 2.75) is 32.6 Å². The van der Waals surface area contributed by atoms with Gasteiger partial charge >= 0.3 is 0 Å². The van der Waals surface area contributed by atoms with Crippen LogP contribution in [0.25, 0.3) is 0 Å². The Kier molecular flexibility index (Phi) is 3.61. The van der Waals surface area contributed by atoms with Crippen LogP contribution >= 0.6 is 11.6 Å².